The van der Waals surface area contributed by atoms with Gasteiger partial charge in [-0.15, -0.1) is 0 Å². The minimum Gasteiger partial charge on any atom is -0.872 e. The number of aryl methyl sites for hydroxylation is 1. The van der Waals surface area contributed by atoms with Crippen molar-refractivity contribution in [2.45, 2.75) is 11.8 Å². The molecule has 0 amide bonds. The van der Waals surface area contributed by atoms with Gasteiger partial charge in [0.2, 0.25) is 0 Å². The Morgan fingerprint density at radius 2 is 1.52 bits per heavy atom. The molecule has 0 saturated carbocycles. The number of ketones is 2. The molecule has 0 heterocycles. The van der Waals surface area contributed by atoms with E-state index in [1.54, 1.807) is 12.1 Å². The van der Waals surface area contributed by atoms with Crippen LogP contribution in [0.5, 0.6) is 5.75 Å². The van der Waals surface area contributed by atoms with Crippen molar-refractivity contribution in [2.24, 2.45) is 0 Å². The molecule has 29 heavy (non-hydrogen) atoms. The second-order valence-corrected chi connectivity index (χ2v) is 8.04. The van der Waals surface area contributed by atoms with E-state index in [0.717, 1.165) is 0 Å². The summed E-state index contributed by atoms with van der Waals surface area (Å²) in [4.78, 5) is 25.6. The maximum absolute atomic E-state index is 13.0. The van der Waals surface area contributed by atoms with Crippen LogP contribution in [0.3, 0.4) is 0 Å². The molecule has 146 valence electrons. The summed E-state index contributed by atoms with van der Waals surface area (Å²) in [7, 11) is -4.36. The summed E-state index contributed by atoms with van der Waals surface area (Å²) in [6.07, 6.45) is 0. The zero-order valence-corrected chi connectivity index (χ0v) is 15.9. The van der Waals surface area contributed by atoms with Gasteiger partial charge in [0.05, 0.1) is 16.1 Å². The summed E-state index contributed by atoms with van der Waals surface area (Å²) in [6, 6.07) is 13.0. The highest BCUT2D eigenvalue weighted by Crippen LogP contribution is 2.37. The Labute approximate surface area is 166 Å². The number of rotatable bonds is 3. The molecule has 7 nitrogen and oxygen atoms in total. The van der Waals surface area contributed by atoms with Crippen molar-refractivity contribution in [1.29, 1.82) is 0 Å². The Hall–Kier alpha value is -3.49. The number of nitrogens with one attached hydrogen (secondary N) is 1. The fraction of sp³-hybridized carbons (Fsp3) is 0.0476. The monoisotopic (exact) mass is 408 g/mol. The lowest BCUT2D eigenvalue weighted by Crippen LogP contribution is -2.23. The van der Waals surface area contributed by atoms with Crippen LogP contribution in [-0.4, -0.2) is 24.5 Å². The van der Waals surface area contributed by atoms with E-state index < -0.39 is 27.4 Å². The first-order valence-electron chi connectivity index (χ1n) is 8.56. The van der Waals surface area contributed by atoms with Crippen LogP contribution in [0.4, 0.5) is 11.4 Å². The molecule has 0 spiro atoms. The first-order valence-corrected chi connectivity index (χ1v) is 10.00. The van der Waals surface area contributed by atoms with Crippen LogP contribution >= 0.6 is 0 Å². The van der Waals surface area contributed by atoms with Crippen LogP contribution in [0, 0.1) is 6.92 Å². The predicted octanol–water partition coefficient (Wildman–Crippen LogP) is 2.83. The number of hydrogen-bond donors (Lipinski definition) is 2. The molecule has 0 bridgehead atoms. The van der Waals surface area contributed by atoms with Gasteiger partial charge < -0.3 is 10.4 Å². The number of hydrogen-bond acceptors (Lipinski definition) is 6. The molecular formula is C21H14NO6S-. The van der Waals surface area contributed by atoms with Crippen LogP contribution < -0.4 is 10.4 Å². The summed E-state index contributed by atoms with van der Waals surface area (Å²) in [6.45, 7) is 1.51. The Balaban J connectivity index is 1.83. The van der Waals surface area contributed by atoms with Crippen molar-refractivity contribution < 1.29 is 27.7 Å². The molecule has 0 fully saturated rings. The molecule has 3 aromatic carbocycles. The van der Waals surface area contributed by atoms with Crippen LogP contribution in [0.1, 0.15) is 37.4 Å². The molecule has 1 aliphatic carbocycles. The van der Waals surface area contributed by atoms with Gasteiger partial charge in [-0.3, -0.25) is 14.1 Å². The van der Waals surface area contributed by atoms with E-state index in [4.69, 9.17) is 0 Å². The van der Waals surface area contributed by atoms with E-state index in [-0.39, 0.29) is 32.8 Å². The van der Waals surface area contributed by atoms with Crippen molar-refractivity contribution in [2.75, 3.05) is 5.32 Å². The fourth-order valence-corrected chi connectivity index (χ4v) is 4.18. The third kappa shape index (κ3) is 3.08. The highest BCUT2D eigenvalue weighted by Gasteiger charge is 2.32. The lowest BCUT2D eigenvalue weighted by molar-refractivity contribution is -0.268. The first kappa shape index (κ1) is 18.9. The summed E-state index contributed by atoms with van der Waals surface area (Å²) < 4.78 is 32.0. The molecule has 8 heteroatoms. The summed E-state index contributed by atoms with van der Waals surface area (Å²) in [5, 5.41) is 15.3. The topological polar surface area (TPSA) is 124 Å². The average molecular weight is 408 g/mol. The molecule has 0 aliphatic heterocycles. The minimum absolute atomic E-state index is 0.0160. The van der Waals surface area contributed by atoms with Gasteiger partial charge in [0.15, 0.2) is 11.6 Å². The minimum atomic E-state index is -4.36. The van der Waals surface area contributed by atoms with Gasteiger partial charge in [-0.05, 0) is 36.8 Å². The molecule has 1 aliphatic rings. The summed E-state index contributed by atoms with van der Waals surface area (Å²) in [5.41, 5.74) is 1.17. The lowest BCUT2D eigenvalue weighted by Gasteiger charge is -2.25. The van der Waals surface area contributed by atoms with Crippen molar-refractivity contribution in [1.82, 2.24) is 0 Å². The van der Waals surface area contributed by atoms with Gasteiger partial charge in [-0.2, -0.15) is 8.42 Å². The zero-order valence-electron chi connectivity index (χ0n) is 15.1. The Bertz CT molecular complexity index is 1310. The lowest BCUT2D eigenvalue weighted by atomic mass is 9.82. The molecule has 3 aromatic rings. The Kier molecular flexibility index (Phi) is 4.25. The van der Waals surface area contributed by atoms with E-state index >= 15 is 0 Å². The van der Waals surface area contributed by atoms with Crippen LogP contribution in [-0.2, 0) is 10.1 Å². The van der Waals surface area contributed by atoms with E-state index in [1.807, 2.05) is 0 Å². The SMILES string of the molecule is Cc1cc(Nc2ccc([O-])c3c2C(=O)c2ccccc2C3=O)ccc1S(=O)(=O)O. The maximum Gasteiger partial charge on any atom is 0.294 e. The zero-order chi connectivity index (χ0) is 20.9. The first-order chi connectivity index (χ1) is 13.7. The molecule has 2 N–H and O–H groups in total. The van der Waals surface area contributed by atoms with E-state index in [9.17, 15) is 27.7 Å². The largest absolute Gasteiger partial charge is 0.872 e. The van der Waals surface area contributed by atoms with E-state index in [1.165, 1.54) is 49.4 Å². The normalized spacial score (nSPS) is 13.0. The van der Waals surface area contributed by atoms with Crippen LogP contribution in [0.25, 0.3) is 0 Å². The standard InChI is InChI=1S/C21H15NO6S/c1-11-10-12(6-9-17(11)29(26,27)28)22-15-7-8-16(23)19-18(15)20(24)13-4-2-3-5-14(13)21(19)25/h2-10,22-23H,1H3,(H,26,27,28)/p-1. The molecule has 0 unspecified atom stereocenters. The average Bonchev–Trinajstić information content (AvgIpc) is 2.66. The molecular weight excluding hydrogens is 394 g/mol. The van der Waals surface area contributed by atoms with Gasteiger partial charge in [-0.25, -0.2) is 0 Å². The third-order valence-electron chi connectivity index (χ3n) is 4.77. The molecule has 0 atom stereocenters. The van der Waals surface area contributed by atoms with Crippen molar-refractivity contribution >= 4 is 33.1 Å². The van der Waals surface area contributed by atoms with Crippen LogP contribution in [0.2, 0.25) is 0 Å². The van der Waals surface area contributed by atoms with E-state index in [2.05, 4.69) is 5.32 Å². The van der Waals surface area contributed by atoms with Gasteiger partial charge in [0, 0.05) is 22.4 Å². The summed E-state index contributed by atoms with van der Waals surface area (Å²) >= 11 is 0. The molecule has 0 aromatic heterocycles. The van der Waals surface area contributed by atoms with E-state index in [0.29, 0.717) is 11.3 Å². The van der Waals surface area contributed by atoms with Gasteiger partial charge in [-0.1, -0.05) is 36.1 Å². The third-order valence-corrected chi connectivity index (χ3v) is 5.78. The molecule has 4 rings (SSSR count). The number of carbonyl (C=O) groups is 2. The smallest absolute Gasteiger partial charge is 0.294 e. The second kappa shape index (κ2) is 6.54. The van der Waals surface area contributed by atoms with Crippen molar-refractivity contribution in [3.05, 3.63) is 82.4 Å². The molecule has 0 radical (unpaired) electrons. The number of fused-ring (bicyclic) bond motifs is 2. The Morgan fingerprint density at radius 1 is 0.897 bits per heavy atom. The summed E-state index contributed by atoms with van der Waals surface area (Å²) in [5.74, 6) is -1.50. The quantitative estimate of drug-likeness (QED) is 0.500. The van der Waals surface area contributed by atoms with Gasteiger partial charge in [0.1, 0.15) is 0 Å². The predicted molar refractivity (Wildman–Crippen MR) is 103 cm³/mol. The van der Waals surface area contributed by atoms with Gasteiger partial charge in [0.25, 0.3) is 10.1 Å². The number of carbonyl (C=O) groups excluding carboxylic acids is 2. The number of anilines is 2. The Morgan fingerprint density at radius 3 is 2.10 bits per heavy atom. The van der Waals surface area contributed by atoms with Gasteiger partial charge >= 0.3 is 0 Å². The highest BCUT2D eigenvalue weighted by atomic mass is 32.2. The highest BCUT2D eigenvalue weighted by molar-refractivity contribution is 7.85. The van der Waals surface area contributed by atoms with Crippen LogP contribution in [0.15, 0.2) is 59.5 Å². The number of benzene rings is 3. The van der Waals surface area contributed by atoms with Crippen molar-refractivity contribution in [3.63, 3.8) is 0 Å². The van der Waals surface area contributed by atoms with Crippen molar-refractivity contribution in [3.8, 4) is 5.75 Å². The maximum atomic E-state index is 13.0. The second-order valence-electron chi connectivity index (χ2n) is 6.65. The fourth-order valence-electron chi connectivity index (χ4n) is 3.47. The molecule has 0 saturated heterocycles.